The van der Waals surface area contributed by atoms with E-state index < -0.39 is 5.97 Å². The van der Waals surface area contributed by atoms with Gasteiger partial charge in [0.1, 0.15) is 11.5 Å². The van der Waals surface area contributed by atoms with Crippen LogP contribution in [-0.4, -0.2) is 27.8 Å². The number of carbonyl (C=O) groups excluding carboxylic acids is 1. The van der Waals surface area contributed by atoms with Gasteiger partial charge >= 0.3 is 5.97 Å². The van der Waals surface area contributed by atoms with Crippen LogP contribution < -0.4 is 0 Å². The molecule has 4 aromatic rings. The van der Waals surface area contributed by atoms with Crippen molar-refractivity contribution in [3.63, 3.8) is 0 Å². The highest BCUT2D eigenvalue weighted by Gasteiger charge is 2.18. The Morgan fingerprint density at radius 2 is 2.00 bits per heavy atom. The van der Waals surface area contributed by atoms with Gasteiger partial charge < -0.3 is 18.1 Å². The summed E-state index contributed by atoms with van der Waals surface area (Å²) in [6.45, 7) is 2.38. The zero-order valence-electron chi connectivity index (χ0n) is 14.4. The molecule has 0 saturated heterocycles. The summed E-state index contributed by atoms with van der Waals surface area (Å²) in [5.41, 5.74) is 1.81. The van der Waals surface area contributed by atoms with Gasteiger partial charge in [0.25, 0.3) is 5.89 Å². The highest BCUT2D eigenvalue weighted by atomic mass is 16.5. The van der Waals surface area contributed by atoms with Crippen molar-refractivity contribution in [1.29, 1.82) is 0 Å². The molecule has 7 heteroatoms. The monoisotopic (exact) mass is 351 g/mol. The lowest BCUT2D eigenvalue weighted by Crippen LogP contribution is -2.02. The molecule has 0 bridgehead atoms. The van der Waals surface area contributed by atoms with Gasteiger partial charge in [0, 0.05) is 17.3 Å². The van der Waals surface area contributed by atoms with E-state index in [2.05, 4.69) is 10.2 Å². The third kappa shape index (κ3) is 2.77. The summed E-state index contributed by atoms with van der Waals surface area (Å²) in [5.74, 6) is 1.34. The summed E-state index contributed by atoms with van der Waals surface area (Å²) in [7, 11) is 1.32. The molecule has 0 aliphatic carbocycles. The molecule has 0 saturated carbocycles. The average Bonchev–Trinajstić information content (AvgIpc) is 3.40. The van der Waals surface area contributed by atoms with Gasteiger partial charge in [0.05, 0.1) is 13.7 Å². The van der Waals surface area contributed by atoms with Crippen molar-refractivity contribution in [3.05, 3.63) is 59.9 Å². The topological polar surface area (TPSA) is 83.3 Å². The van der Waals surface area contributed by atoms with Gasteiger partial charge in [-0.1, -0.05) is 25.1 Å². The molecule has 7 nitrogen and oxygen atoms in total. The molecule has 0 spiro atoms. The fourth-order valence-electron chi connectivity index (χ4n) is 2.89. The molecular weight excluding hydrogens is 334 g/mol. The van der Waals surface area contributed by atoms with Crippen LogP contribution in [0, 0.1) is 0 Å². The SMILES string of the molecule is CCc1nnc(-c2cc3ccccc3n2Cc2ccc(C(=O)OC)o2)o1. The molecule has 132 valence electrons. The van der Waals surface area contributed by atoms with E-state index in [1.54, 1.807) is 12.1 Å². The van der Waals surface area contributed by atoms with E-state index in [0.29, 0.717) is 30.5 Å². The van der Waals surface area contributed by atoms with Crippen LogP contribution in [0.1, 0.15) is 29.1 Å². The minimum atomic E-state index is -0.502. The number of aromatic nitrogens is 3. The lowest BCUT2D eigenvalue weighted by molar-refractivity contribution is 0.0563. The van der Waals surface area contributed by atoms with Crippen LogP contribution >= 0.6 is 0 Å². The third-order valence-corrected chi connectivity index (χ3v) is 4.16. The standard InChI is InChI=1S/C19H17N3O4/c1-3-17-20-21-18(26-17)15-10-12-6-4-5-7-14(12)22(15)11-13-8-9-16(25-13)19(23)24-2/h4-10H,3,11H2,1-2H3. The average molecular weight is 351 g/mol. The van der Waals surface area contributed by atoms with Crippen molar-refractivity contribution in [1.82, 2.24) is 14.8 Å². The lowest BCUT2D eigenvalue weighted by atomic mass is 10.2. The summed E-state index contributed by atoms with van der Waals surface area (Å²) in [6, 6.07) is 13.4. The van der Waals surface area contributed by atoms with Crippen molar-refractivity contribution in [2.45, 2.75) is 19.9 Å². The molecule has 3 heterocycles. The number of ether oxygens (including phenoxy) is 1. The van der Waals surface area contributed by atoms with Gasteiger partial charge in [-0.3, -0.25) is 0 Å². The Labute approximate surface area is 149 Å². The molecule has 0 fully saturated rings. The Bertz CT molecular complexity index is 1070. The van der Waals surface area contributed by atoms with Crippen molar-refractivity contribution < 1.29 is 18.4 Å². The summed E-state index contributed by atoms with van der Waals surface area (Å²) < 4.78 is 18.1. The van der Waals surface area contributed by atoms with Gasteiger partial charge in [-0.05, 0) is 24.3 Å². The number of fused-ring (bicyclic) bond motifs is 1. The molecule has 0 amide bonds. The van der Waals surface area contributed by atoms with E-state index in [4.69, 9.17) is 13.6 Å². The molecule has 0 radical (unpaired) electrons. The Kier molecular flexibility index (Phi) is 4.04. The van der Waals surface area contributed by atoms with Crippen LogP contribution in [0.15, 0.2) is 51.3 Å². The molecule has 0 atom stereocenters. The van der Waals surface area contributed by atoms with Crippen molar-refractivity contribution >= 4 is 16.9 Å². The zero-order valence-corrected chi connectivity index (χ0v) is 14.4. The maximum absolute atomic E-state index is 11.6. The van der Waals surface area contributed by atoms with E-state index in [1.807, 2.05) is 41.8 Å². The van der Waals surface area contributed by atoms with Gasteiger partial charge in [-0.2, -0.15) is 0 Å². The first kappa shape index (κ1) is 16.1. The van der Waals surface area contributed by atoms with Crippen molar-refractivity contribution in [3.8, 4) is 11.6 Å². The number of esters is 1. The number of hydrogen-bond donors (Lipinski definition) is 0. The van der Waals surface area contributed by atoms with Gasteiger partial charge in [-0.15, -0.1) is 10.2 Å². The predicted molar refractivity (Wildman–Crippen MR) is 93.8 cm³/mol. The molecule has 0 unspecified atom stereocenters. The first-order valence-electron chi connectivity index (χ1n) is 8.27. The molecule has 0 aliphatic rings. The Morgan fingerprint density at radius 3 is 2.77 bits per heavy atom. The summed E-state index contributed by atoms with van der Waals surface area (Å²) in [6.07, 6.45) is 0.675. The molecule has 3 aromatic heterocycles. The van der Waals surface area contributed by atoms with Crippen molar-refractivity contribution in [2.24, 2.45) is 0 Å². The van der Waals surface area contributed by atoms with Crippen LogP contribution in [-0.2, 0) is 17.7 Å². The molecule has 0 N–H and O–H groups in total. The van der Waals surface area contributed by atoms with Crippen LogP contribution in [0.3, 0.4) is 0 Å². The quantitative estimate of drug-likeness (QED) is 0.510. The van der Waals surface area contributed by atoms with E-state index in [1.165, 1.54) is 7.11 Å². The second kappa shape index (κ2) is 6.51. The van der Waals surface area contributed by atoms with Gasteiger partial charge in [-0.25, -0.2) is 4.79 Å². The molecule has 0 aliphatic heterocycles. The second-order valence-electron chi connectivity index (χ2n) is 5.79. The first-order valence-corrected chi connectivity index (χ1v) is 8.27. The van der Waals surface area contributed by atoms with Crippen LogP contribution in [0.2, 0.25) is 0 Å². The summed E-state index contributed by atoms with van der Waals surface area (Å²) >= 11 is 0. The van der Waals surface area contributed by atoms with Gasteiger partial charge in [0.15, 0.2) is 0 Å². The number of furan rings is 1. The molecule has 4 rings (SSSR count). The largest absolute Gasteiger partial charge is 0.463 e. The van der Waals surface area contributed by atoms with Crippen LogP contribution in [0.5, 0.6) is 0 Å². The number of para-hydroxylation sites is 1. The molecular formula is C19H17N3O4. The predicted octanol–water partition coefficient (Wildman–Crippen LogP) is 3.68. The smallest absolute Gasteiger partial charge is 0.373 e. The van der Waals surface area contributed by atoms with E-state index in [-0.39, 0.29) is 5.76 Å². The zero-order chi connectivity index (χ0) is 18.1. The van der Waals surface area contributed by atoms with Crippen LogP contribution in [0.4, 0.5) is 0 Å². The normalized spacial score (nSPS) is 11.2. The number of aryl methyl sites for hydroxylation is 1. The molecule has 26 heavy (non-hydrogen) atoms. The Morgan fingerprint density at radius 1 is 1.15 bits per heavy atom. The fourth-order valence-corrected chi connectivity index (χ4v) is 2.89. The maximum atomic E-state index is 11.6. The summed E-state index contributed by atoms with van der Waals surface area (Å²) in [4.78, 5) is 11.6. The number of nitrogens with zero attached hydrogens (tertiary/aromatic N) is 3. The fraction of sp³-hybridized carbons (Fsp3) is 0.211. The minimum absolute atomic E-state index is 0.173. The highest BCUT2D eigenvalue weighted by molar-refractivity contribution is 5.86. The number of methoxy groups -OCH3 is 1. The van der Waals surface area contributed by atoms with E-state index in [9.17, 15) is 4.79 Å². The Hall–Kier alpha value is -3.35. The highest BCUT2D eigenvalue weighted by Crippen LogP contribution is 2.29. The van der Waals surface area contributed by atoms with Crippen LogP contribution in [0.25, 0.3) is 22.5 Å². The van der Waals surface area contributed by atoms with Crippen molar-refractivity contribution in [2.75, 3.05) is 7.11 Å². The van der Waals surface area contributed by atoms with E-state index >= 15 is 0 Å². The van der Waals surface area contributed by atoms with E-state index in [0.717, 1.165) is 16.6 Å². The maximum Gasteiger partial charge on any atom is 0.373 e. The Balaban J connectivity index is 1.78. The first-order chi connectivity index (χ1) is 12.7. The summed E-state index contributed by atoms with van der Waals surface area (Å²) in [5, 5.41) is 9.27. The molecule has 1 aromatic carbocycles. The third-order valence-electron chi connectivity index (χ3n) is 4.16. The lowest BCUT2D eigenvalue weighted by Gasteiger charge is -2.06. The second-order valence-corrected chi connectivity index (χ2v) is 5.79. The minimum Gasteiger partial charge on any atom is -0.463 e. The number of carbonyl (C=O) groups is 1. The number of rotatable bonds is 5. The number of hydrogen-bond acceptors (Lipinski definition) is 6. The number of benzene rings is 1. The van der Waals surface area contributed by atoms with Gasteiger partial charge in [0.2, 0.25) is 11.7 Å².